The lowest BCUT2D eigenvalue weighted by atomic mass is 10.2. The van der Waals surface area contributed by atoms with Crippen molar-refractivity contribution >= 4 is 34.8 Å². The van der Waals surface area contributed by atoms with Crippen LogP contribution in [0.15, 0.2) is 34.7 Å². The van der Waals surface area contributed by atoms with Crippen molar-refractivity contribution in [2.24, 2.45) is 0 Å². The maximum Gasteiger partial charge on any atom is 0.312 e. The zero-order valence-electron chi connectivity index (χ0n) is 15.0. The fourth-order valence-electron chi connectivity index (χ4n) is 2.77. The summed E-state index contributed by atoms with van der Waals surface area (Å²) in [4.78, 5) is 22.9. The third-order valence-electron chi connectivity index (χ3n) is 4.17. The molecular weight excluding hydrogens is 407 g/mol. The van der Waals surface area contributed by atoms with Gasteiger partial charge in [0.05, 0.1) is 11.5 Å². The zero-order chi connectivity index (χ0) is 20.4. The Labute approximate surface area is 170 Å². The second kappa shape index (κ2) is 8.04. The minimum atomic E-state index is -0.461. The van der Waals surface area contributed by atoms with E-state index in [1.54, 1.807) is 38.1 Å². The van der Waals surface area contributed by atoms with Gasteiger partial charge in [-0.05, 0) is 43.7 Å². The van der Waals surface area contributed by atoms with Crippen LogP contribution in [0.3, 0.4) is 0 Å². The average Bonchev–Trinajstić information content (AvgIpc) is 3.19. The van der Waals surface area contributed by atoms with Crippen LogP contribution in [0.5, 0.6) is 0 Å². The second-order valence-corrected chi connectivity index (χ2v) is 6.96. The third-order valence-corrected chi connectivity index (χ3v) is 4.76. The van der Waals surface area contributed by atoms with Crippen LogP contribution in [0.25, 0.3) is 0 Å². The van der Waals surface area contributed by atoms with Gasteiger partial charge in [-0.2, -0.15) is 5.10 Å². The number of halogens is 2. The number of nitro groups is 1. The highest BCUT2D eigenvalue weighted by atomic mass is 35.5. The van der Waals surface area contributed by atoms with Gasteiger partial charge in [-0.3, -0.25) is 19.6 Å². The zero-order valence-corrected chi connectivity index (χ0v) is 16.5. The van der Waals surface area contributed by atoms with E-state index < -0.39 is 10.8 Å². The Morgan fingerprint density at radius 2 is 2.04 bits per heavy atom. The molecule has 0 aliphatic heterocycles. The first-order chi connectivity index (χ1) is 13.3. The third kappa shape index (κ3) is 4.18. The summed E-state index contributed by atoms with van der Waals surface area (Å²) < 4.78 is 7.03. The quantitative estimate of drug-likeness (QED) is 0.471. The molecule has 3 aromatic rings. The molecular formula is C18H16Cl2N4O4. The van der Waals surface area contributed by atoms with Crippen molar-refractivity contribution in [2.45, 2.75) is 26.9 Å². The van der Waals surface area contributed by atoms with Crippen LogP contribution in [0.2, 0.25) is 10.0 Å². The van der Waals surface area contributed by atoms with Gasteiger partial charge < -0.3 is 9.73 Å². The molecule has 0 aliphatic rings. The summed E-state index contributed by atoms with van der Waals surface area (Å²) >= 11 is 11.9. The molecule has 0 saturated heterocycles. The second-order valence-electron chi connectivity index (χ2n) is 6.12. The minimum Gasteiger partial charge on any atom is -0.454 e. The number of carbonyl (C=O) groups is 1. The Balaban J connectivity index is 1.67. The highest BCUT2D eigenvalue weighted by Crippen LogP contribution is 2.23. The van der Waals surface area contributed by atoms with Crippen LogP contribution in [-0.2, 0) is 13.1 Å². The normalized spacial score (nSPS) is 10.9. The SMILES string of the molecule is Cc1nn(Cc2ccc(C(=O)NCc3ccc(Cl)cc3Cl)o2)c(C)c1[N+](=O)[O-]. The first-order valence-corrected chi connectivity index (χ1v) is 9.01. The van der Waals surface area contributed by atoms with Gasteiger partial charge in [0.1, 0.15) is 17.1 Å². The van der Waals surface area contributed by atoms with E-state index in [1.165, 1.54) is 10.7 Å². The summed E-state index contributed by atoms with van der Waals surface area (Å²) in [6.45, 7) is 3.58. The number of aryl methyl sites for hydroxylation is 1. The van der Waals surface area contributed by atoms with Gasteiger partial charge in [-0.15, -0.1) is 0 Å². The predicted octanol–water partition coefficient (Wildman–Crippen LogP) is 4.29. The van der Waals surface area contributed by atoms with E-state index in [1.807, 2.05) is 0 Å². The van der Waals surface area contributed by atoms with Gasteiger partial charge in [0.2, 0.25) is 0 Å². The number of nitrogens with zero attached hydrogens (tertiary/aromatic N) is 3. The summed E-state index contributed by atoms with van der Waals surface area (Å²) in [5.74, 6) is 0.169. The van der Waals surface area contributed by atoms with Crippen LogP contribution in [-0.4, -0.2) is 20.6 Å². The number of hydrogen-bond donors (Lipinski definition) is 1. The lowest BCUT2D eigenvalue weighted by Gasteiger charge is -2.06. The molecule has 0 bridgehead atoms. The Bertz CT molecular complexity index is 1060. The molecule has 146 valence electrons. The highest BCUT2D eigenvalue weighted by molar-refractivity contribution is 6.35. The fraction of sp³-hybridized carbons (Fsp3) is 0.222. The molecule has 0 fully saturated rings. The number of benzene rings is 1. The van der Waals surface area contributed by atoms with Crippen LogP contribution in [0, 0.1) is 24.0 Å². The molecule has 1 amide bonds. The first kappa shape index (κ1) is 19.9. The number of rotatable bonds is 6. The van der Waals surface area contributed by atoms with E-state index in [0.717, 1.165) is 5.56 Å². The van der Waals surface area contributed by atoms with Crippen molar-refractivity contribution < 1.29 is 14.1 Å². The van der Waals surface area contributed by atoms with Gasteiger partial charge in [0.25, 0.3) is 5.91 Å². The molecule has 1 aromatic carbocycles. The van der Waals surface area contributed by atoms with Crippen molar-refractivity contribution in [2.75, 3.05) is 0 Å². The number of carbonyl (C=O) groups excluding carboxylic acids is 1. The molecule has 0 unspecified atom stereocenters. The largest absolute Gasteiger partial charge is 0.454 e. The van der Waals surface area contributed by atoms with Crippen LogP contribution in [0.1, 0.15) is 33.3 Å². The molecule has 28 heavy (non-hydrogen) atoms. The molecule has 1 N–H and O–H groups in total. The van der Waals surface area contributed by atoms with Crippen LogP contribution < -0.4 is 5.32 Å². The van der Waals surface area contributed by atoms with Gasteiger partial charge in [-0.25, -0.2) is 0 Å². The molecule has 0 atom stereocenters. The van der Waals surface area contributed by atoms with E-state index in [9.17, 15) is 14.9 Å². The van der Waals surface area contributed by atoms with E-state index in [-0.39, 0.29) is 24.5 Å². The lowest BCUT2D eigenvalue weighted by Crippen LogP contribution is -2.22. The number of nitrogens with one attached hydrogen (secondary N) is 1. The maximum absolute atomic E-state index is 12.3. The molecule has 2 aromatic heterocycles. The molecule has 0 aliphatic carbocycles. The van der Waals surface area contributed by atoms with Crippen molar-refractivity contribution in [3.63, 3.8) is 0 Å². The van der Waals surface area contributed by atoms with Crippen LogP contribution in [0.4, 0.5) is 5.69 Å². The molecule has 0 saturated carbocycles. The van der Waals surface area contributed by atoms with E-state index in [4.69, 9.17) is 27.6 Å². The molecule has 3 rings (SSSR count). The first-order valence-electron chi connectivity index (χ1n) is 8.25. The lowest BCUT2D eigenvalue weighted by molar-refractivity contribution is -0.386. The summed E-state index contributed by atoms with van der Waals surface area (Å²) in [6.07, 6.45) is 0. The smallest absolute Gasteiger partial charge is 0.312 e. The van der Waals surface area contributed by atoms with Gasteiger partial charge in [-0.1, -0.05) is 29.3 Å². The summed E-state index contributed by atoms with van der Waals surface area (Å²) in [7, 11) is 0. The van der Waals surface area contributed by atoms with Gasteiger partial charge in [0, 0.05) is 16.6 Å². The van der Waals surface area contributed by atoms with E-state index in [2.05, 4.69) is 10.4 Å². The maximum atomic E-state index is 12.3. The van der Waals surface area contributed by atoms with Gasteiger partial charge >= 0.3 is 5.69 Å². The number of hydrogen-bond acceptors (Lipinski definition) is 5. The number of aromatic nitrogens is 2. The summed E-state index contributed by atoms with van der Waals surface area (Å²) in [6, 6.07) is 8.19. The Morgan fingerprint density at radius 3 is 2.68 bits per heavy atom. The summed E-state index contributed by atoms with van der Waals surface area (Å²) in [5.41, 5.74) is 1.44. The van der Waals surface area contributed by atoms with E-state index >= 15 is 0 Å². The van der Waals surface area contributed by atoms with Crippen molar-refractivity contribution in [1.29, 1.82) is 0 Å². The standard InChI is InChI=1S/C18H16Cl2N4O4/c1-10-17(24(26)27)11(2)23(22-10)9-14-5-6-16(28-14)18(25)21-8-12-3-4-13(19)7-15(12)20/h3-7H,8-9H2,1-2H3,(H,21,25). The number of amides is 1. The number of furan rings is 1. The minimum absolute atomic E-state index is 0.0237. The molecule has 0 radical (unpaired) electrons. The van der Waals surface area contributed by atoms with E-state index in [0.29, 0.717) is 27.2 Å². The Morgan fingerprint density at radius 1 is 1.29 bits per heavy atom. The Hall–Kier alpha value is -2.84. The van der Waals surface area contributed by atoms with Crippen molar-refractivity contribution in [3.8, 4) is 0 Å². The highest BCUT2D eigenvalue weighted by Gasteiger charge is 2.22. The fourth-order valence-corrected chi connectivity index (χ4v) is 3.24. The molecule has 8 nitrogen and oxygen atoms in total. The van der Waals surface area contributed by atoms with Crippen molar-refractivity contribution in [3.05, 3.63) is 79.0 Å². The molecule has 0 spiro atoms. The van der Waals surface area contributed by atoms with Crippen LogP contribution >= 0.6 is 23.2 Å². The topological polar surface area (TPSA) is 103 Å². The monoisotopic (exact) mass is 422 g/mol. The molecule has 2 heterocycles. The predicted molar refractivity (Wildman–Crippen MR) is 104 cm³/mol. The Kier molecular flexibility index (Phi) is 5.71. The van der Waals surface area contributed by atoms with Gasteiger partial charge in [0.15, 0.2) is 5.76 Å². The van der Waals surface area contributed by atoms with Crippen molar-refractivity contribution in [1.82, 2.24) is 15.1 Å². The summed E-state index contributed by atoms with van der Waals surface area (Å²) in [5, 5.41) is 18.9. The average molecular weight is 423 g/mol. The molecule has 10 heteroatoms.